The zero-order chi connectivity index (χ0) is 12.9. The van der Waals surface area contributed by atoms with Crippen LogP contribution in [0.15, 0.2) is 48.7 Å². The largest absolute Gasteiger partial charge is 0.492 e. The molecule has 2 aromatic rings. The Bertz CT molecular complexity index is 527. The molecule has 0 saturated carbocycles. The van der Waals surface area contributed by atoms with Crippen molar-refractivity contribution in [2.24, 2.45) is 0 Å². The normalized spacial score (nSPS) is 17.2. The number of ether oxygens (including phenoxy) is 1. The molecule has 1 aliphatic rings. The molecule has 0 saturated heterocycles. The minimum atomic E-state index is 0.385. The van der Waals surface area contributed by atoms with Crippen LogP contribution in [0.5, 0.6) is 5.75 Å². The van der Waals surface area contributed by atoms with E-state index in [2.05, 4.69) is 16.4 Å². The van der Waals surface area contributed by atoms with Gasteiger partial charge in [-0.1, -0.05) is 24.3 Å². The van der Waals surface area contributed by atoms with E-state index in [1.807, 2.05) is 42.6 Å². The summed E-state index contributed by atoms with van der Waals surface area (Å²) in [6.45, 7) is 1.53. The van der Waals surface area contributed by atoms with Gasteiger partial charge in [-0.05, 0) is 36.6 Å². The molecule has 0 bridgehead atoms. The van der Waals surface area contributed by atoms with Crippen LogP contribution in [-0.2, 0) is 6.42 Å². The minimum absolute atomic E-state index is 0.385. The molecule has 1 aliphatic carbocycles. The fourth-order valence-electron chi connectivity index (χ4n) is 2.53. The monoisotopic (exact) mass is 254 g/mol. The lowest BCUT2D eigenvalue weighted by atomic mass is 10.2. The standard InChI is InChI=1S/C16H18N2O/c1-2-6-14(7-3-1)19-12-11-17-15-9-8-13-5-4-10-18-16(13)15/h1-7,10,15,17H,8-9,11-12H2. The molecule has 98 valence electrons. The van der Waals surface area contributed by atoms with Crippen LogP contribution < -0.4 is 10.1 Å². The van der Waals surface area contributed by atoms with Crippen molar-refractivity contribution in [1.29, 1.82) is 0 Å². The van der Waals surface area contributed by atoms with E-state index >= 15 is 0 Å². The van der Waals surface area contributed by atoms with E-state index in [1.54, 1.807) is 0 Å². The Morgan fingerprint density at radius 1 is 1.16 bits per heavy atom. The number of aromatic nitrogens is 1. The smallest absolute Gasteiger partial charge is 0.119 e. The van der Waals surface area contributed by atoms with Gasteiger partial charge < -0.3 is 10.1 Å². The quantitative estimate of drug-likeness (QED) is 0.833. The second-order valence-corrected chi connectivity index (χ2v) is 4.75. The van der Waals surface area contributed by atoms with E-state index in [0.29, 0.717) is 12.6 Å². The first-order valence-electron chi connectivity index (χ1n) is 6.78. The van der Waals surface area contributed by atoms with E-state index in [9.17, 15) is 0 Å². The Balaban J connectivity index is 1.47. The molecule has 1 atom stereocenters. The van der Waals surface area contributed by atoms with Crippen molar-refractivity contribution >= 4 is 0 Å². The third-order valence-electron chi connectivity index (χ3n) is 3.46. The summed E-state index contributed by atoms with van der Waals surface area (Å²) >= 11 is 0. The maximum absolute atomic E-state index is 5.67. The molecule has 0 fully saturated rings. The van der Waals surface area contributed by atoms with Gasteiger partial charge in [0.2, 0.25) is 0 Å². The Labute approximate surface area is 113 Å². The van der Waals surface area contributed by atoms with Crippen LogP contribution in [0.1, 0.15) is 23.7 Å². The van der Waals surface area contributed by atoms with Gasteiger partial charge in [-0.15, -0.1) is 0 Å². The molecule has 0 amide bonds. The van der Waals surface area contributed by atoms with Crippen LogP contribution >= 0.6 is 0 Å². The maximum atomic E-state index is 5.67. The number of pyridine rings is 1. The molecule has 1 heterocycles. The van der Waals surface area contributed by atoms with Gasteiger partial charge >= 0.3 is 0 Å². The highest BCUT2D eigenvalue weighted by Crippen LogP contribution is 2.28. The lowest BCUT2D eigenvalue weighted by molar-refractivity contribution is 0.304. The van der Waals surface area contributed by atoms with Crippen molar-refractivity contribution in [2.75, 3.05) is 13.2 Å². The molecule has 0 radical (unpaired) electrons. The van der Waals surface area contributed by atoms with Gasteiger partial charge in [-0.25, -0.2) is 0 Å². The van der Waals surface area contributed by atoms with E-state index in [1.165, 1.54) is 11.3 Å². The maximum Gasteiger partial charge on any atom is 0.119 e. The number of hydrogen-bond acceptors (Lipinski definition) is 3. The predicted molar refractivity (Wildman–Crippen MR) is 75.2 cm³/mol. The van der Waals surface area contributed by atoms with E-state index < -0.39 is 0 Å². The molecule has 19 heavy (non-hydrogen) atoms. The number of para-hydroxylation sites is 1. The number of aryl methyl sites for hydroxylation is 1. The van der Waals surface area contributed by atoms with Gasteiger partial charge in [0.25, 0.3) is 0 Å². The van der Waals surface area contributed by atoms with Crippen molar-refractivity contribution in [2.45, 2.75) is 18.9 Å². The average molecular weight is 254 g/mol. The summed E-state index contributed by atoms with van der Waals surface area (Å²) in [4.78, 5) is 4.47. The lowest BCUT2D eigenvalue weighted by Crippen LogP contribution is -2.25. The molecule has 3 rings (SSSR count). The van der Waals surface area contributed by atoms with Gasteiger partial charge in [-0.2, -0.15) is 0 Å². The zero-order valence-electron chi connectivity index (χ0n) is 10.9. The third-order valence-corrected chi connectivity index (χ3v) is 3.46. The fourth-order valence-corrected chi connectivity index (χ4v) is 2.53. The SMILES string of the molecule is c1ccc(OCCNC2CCc3cccnc32)cc1. The summed E-state index contributed by atoms with van der Waals surface area (Å²) in [6.07, 6.45) is 4.14. The van der Waals surface area contributed by atoms with Gasteiger partial charge in [-0.3, -0.25) is 4.98 Å². The van der Waals surface area contributed by atoms with Crippen LogP contribution in [0.25, 0.3) is 0 Å². The first-order chi connectivity index (χ1) is 9.43. The zero-order valence-corrected chi connectivity index (χ0v) is 10.9. The van der Waals surface area contributed by atoms with Gasteiger partial charge in [0.1, 0.15) is 12.4 Å². The van der Waals surface area contributed by atoms with E-state index in [-0.39, 0.29) is 0 Å². The van der Waals surface area contributed by atoms with Crippen molar-refractivity contribution < 1.29 is 4.74 Å². The molecular weight excluding hydrogens is 236 g/mol. The third kappa shape index (κ3) is 2.93. The van der Waals surface area contributed by atoms with E-state index in [0.717, 1.165) is 25.1 Å². The Kier molecular flexibility index (Phi) is 3.75. The summed E-state index contributed by atoms with van der Waals surface area (Å²) in [5, 5.41) is 3.52. The number of fused-ring (bicyclic) bond motifs is 1. The summed E-state index contributed by atoms with van der Waals surface area (Å²) in [5.74, 6) is 0.925. The molecule has 0 spiro atoms. The van der Waals surface area contributed by atoms with Crippen molar-refractivity contribution in [1.82, 2.24) is 10.3 Å². The Morgan fingerprint density at radius 2 is 2.05 bits per heavy atom. The lowest BCUT2D eigenvalue weighted by Gasteiger charge is -2.13. The van der Waals surface area contributed by atoms with Gasteiger partial charge in [0.05, 0.1) is 11.7 Å². The minimum Gasteiger partial charge on any atom is -0.492 e. The van der Waals surface area contributed by atoms with Crippen molar-refractivity contribution in [3.05, 3.63) is 59.9 Å². The van der Waals surface area contributed by atoms with Crippen LogP contribution in [0.4, 0.5) is 0 Å². The Hall–Kier alpha value is -1.87. The van der Waals surface area contributed by atoms with Crippen molar-refractivity contribution in [3.63, 3.8) is 0 Å². The topological polar surface area (TPSA) is 34.1 Å². The van der Waals surface area contributed by atoms with Crippen LogP contribution in [0.2, 0.25) is 0 Å². The van der Waals surface area contributed by atoms with Crippen LogP contribution in [0, 0.1) is 0 Å². The second kappa shape index (κ2) is 5.85. The molecule has 3 heteroatoms. The molecule has 0 aliphatic heterocycles. The van der Waals surface area contributed by atoms with Crippen LogP contribution in [-0.4, -0.2) is 18.1 Å². The molecule has 1 unspecified atom stereocenters. The number of rotatable bonds is 5. The first-order valence-corrected chi connectivity index (χ1v) is 6.78. The fraction of sp³-hybridized carbons (Fsp3) is 0.312. The molecule has 1 N–H and O–H groups in total. The summed E-state index contributed by atoms with van der Waals surface area (Å²) in [7, 11) is 0. The molecule has 3 nitrogen and oxygen atoms in total. The second-order valence-electron chi connectivity index (χ2n) is 4.75. The highest BCUT2D eigenvalue weighted by Gasteiger charge is 2.22. The van der Waals surface area contributed by atoms with E-state index in [4.69, 9.17) is 4.74 Å². The highest BCUT2D eigenvalue weighted by atomic mass is 16.5. The first kappa shape index (κ1) is 12.2. The highest BCUT2D eigenvalue weighted by molar-refractivity contribution is 5.27. The number of benzene rings is 1. The number of hydrogen-bond donors (Lipinski definition) is 1. The summed E-state index contributed by atoms with van der Waals surface area (Å²) in [6, 6.07) is 14.5. The predicted octanol–water partition coefficient (Wildman–Crippen LogP) is 2.74. The van der Waals surface area contributed by atoms with Crippen molar-refractivity contribution in [3.8, 4) is 5.75 Å². The Morgan fingerprint density at radius 3 is 2.95 bits per heavy atom. The molecule has 1 aromatic carbocycles. The molecular formula is C16H18N2O. The van der Waals surface area contributed by atoms with Gasteiger partial charge in [0.15, 0.2) is 0 Å². The van der Waals surface area contributed by atoms with Gasteiger partial charge in [0, 0.05) is 12.7 Å². The molecule has 1 aromatic heterocycles. The number of nitrogens with zero attached hydrogens (tertiary/aromatic N) is 1. The van der Waals surface area contributed by atoms with Crippen LogP contribution in [0.3, 0.4) is 0 Å². The summed E-state index contributed by atoms with van der Waals surface area (Å²) < 4.78 is 5.67. The summed E-state index contributed by atoms with van der Waals surface area (Å²) in [5.41, 5.74) is 2.59. The number of nitrogens with one attached hydrogen (secondary N) is 1. The average Bonchev–Trinajstić information content (AvgIpc) is 2.88.